The third-order valence-corrected chi connectivity index (χ3v) is 4.30. The second-order valence-corrected chi connectivity index (χ2v) is 7.44. The Balaban J connectivity index is 2.05. The summed E-state index contributed by atoms with van der Waals surface area (Å²) < 4.78 is 10.5. The van der Waals surface area contributed by atoms with Gasteiger partial charge in [-0.05, 0) is 64.2 Å². The molecule has 5 nitrogen and oxygen atoms in total. The Morgan fingerprint density at radius 3 is 2.64 bits per heavy atom. The van der Waals surface area contributed by atoms with E-state index in [9.17, 15) is 9.59 Å². The van der Waals surface area contributed by atoms with Gasteiger partial charge in [-0.15, -0.1) is 0 Å². The number of carbonyl (C=O) groups is 2. The van der Waals surface area contributed by atoms with Crippen LogP contribution in [0.15, 0.2) is 18.2 Å². The summed E-state index contributed by atoms with van der Waals surface area (Å²) in [5.74, 6) is -0.162. The van der Waals surface area contributed by atoms with Crippen molar-refractivity contribution in [1.29, 1.82) is 0 Å². The molecular weight excluding hydrogens is 318 g/mol. The molecule has 1 amide bonds. The molecular formula is C20H29NO4. The van der Waals surface area contributed by atoms with Crippen molar-refractivity contribution in [2.75, 3.05) is 13.2 Å². The Labute approximate surface area is 150 Å². The summed E-state index contributed by atoms with van der Waals surface area (Å²) in [6.07, 6.45) is 1.60. The van der Waals surface area contributed by atoms with Crippen LogP contribution < -0.4 is 0 Å². The van der Waals surface area contributed by atoms with Crippen molar-refractivity contribution in [1.82, 2.24) is 4.90 Å². The number of hydrogen-bond donors (Lipinski definition) is 0. The number of carbonyl (C=O) groups excluding carboxylic acids is 2. The second-order valence-electron chi connectivity index (χ2n) is 7.44. The van der Waals surface area contributed by atoms with Gasteiger partial charge < -0.3 is 14.4 Å². The first-order chi connectivity index (χ1) is 11.7. The van der Waals surface area contributed by atoms with Gasteiger partial charge in [-0.1, -0.05) is 18.2 Å². The molecule has 0 aliphatic carbocycles. The monoisotopic (exact) mass is 347 g/mol. The zero-order valence-corrected chi connectivity index (χ0v) is 15.9. The number of fused-ring (bicyclic) bond motifs is 1. The van der Waals surface area contributed by atoms with Crippen LogP contribution in [-0.4, -0.2) is 35.7 Å². The Bertz CT molecular complexity index is 633. The van der Waals surface area contributed by atoms with Gasteiger partial charge in [0.1, 0.15) is 5.60 Å². The summed E-state index contributed by atoms with van der Waals surface area (Å²) in [5.41, 5.74) is 3.03. The Kier molecular flexibility index (Phi) is 6.09. The number of aryl methyl sites for hydroxylation is 1. The smallest absolute Gasteiger partial charge is 0.410 e. The SMILES string of the molecule is CCOC(=O)CCc1ccc2c(c1)CCN(C(=O)OC(C)(C)C)C2C. The molecule has 1 unspecified atom stereocenters. The lowest BCUT2D eigenvalue weighted by atomic mass is 9.91. The molecule has 1 aromatic rings. The van der Waals surface area contributed by atoms with Gasteiger partial charge in [0.05, 0.1) is 12.6 Å². The van der Waals surface area contributed by atoms with E-state index in [1.54, 1.807) is 4.90 Å². The average Bonchev–Trinajstić information content (AvgIpc) is 2.51. The van der Waals surface area contributed by atoms with Gasteiger partial charge in [-0.3, -0.25) is 4.79 Å². The molecule has 1 heterocycles. The number of nitrogens with zero attached hydrogens (tertiary/aromatic N) is 1. The molecule has 0 saturated carbocycles. The highest BCUT2D eigenvalue weighted by Crippen LogP contribution is 2.31. The molecule has 5 heteroatoms. The van der Waals surface area contributed by atoms with Gasteiger partial charge in [0.2, 0.25) is 0 Å². The number of rotatable bonds is 4. The van der Waals surface area contributed by atoms with Crippen LogP contribution >= 0.6 is 0 Å². The lowest BCUT2D eigenvalue weighted by Crippen LogP contribution is -2.42. The van der Waals surface area contributed by atoms with E-state index in [4.69, 9.17) is 9.47 Å². The van der Waals surface area contributed by atoms with Crippen LogP contribution in [0.4, 0.5) is 4.79 Å². The minimum Gasteiger partial charge on any atom is -0.466 e. The number of benzene rings is 1. The molecule has 1 atom stereocenters. The lowest BCUT2D eigenvalue weighted by Gasteiger charge is -2.36. The highest BCUT2D eigenvalue weighted by molar-refractivity contribution is 5.70. The fourth-order valence-corrected chi connectivity index (χ4v) is 3.09. The molecule has 1 aliphatic rings. The summed E-state index contributed by atoms with van der Waals surface area (Å²) in [6.45, 7) is 10.5. The van der Waals surface area contributed by atoms with Gasteiger partial charge in [0.25, 0.3) is 0 Å². The first-order valence-corrected chi connectivity index (χ1v) is 8.98. The van der Waals surface area contributed by atoms with E-state index in [1.807, 2.05) is 40.7 Å². The normalized spacial score (nSPS) is 17.0. The van der Waals surface area contributed by atoms with Gasteiger partial charge in [-0.2, -0.15) is 0 Å². The highest BCUT2D eigenvalue weighted by Gasteiger charge is 2.30. The number of hydrogen-bond acceptors (Lipinski definition) is 4. The van der Waals surface area contributed by atoms with Crippen molar-refractivity contribution < 1.29 is 19.1 Å². The van der Waals surface area contributed by atoms with Gasteiger partial charge >= 0.3 is 12.1 Å². The van der Waals surface area contributed by atoms with Crippen molar-refractivity contribution in [2.45, 2.75) is 65.5 Å². The quantitative estimate of drug-likeness (QED) is 0.772. The van der Waals surface area contributed by atoms with E-state index >= 15 is 0 Å². The van der Waals surface area contributed by atoms with Crippen molar-refractivity contribution in [2.24, 2.45) is 0 Å². The maximum Gasteiger partial charge on any atom is 0.410 e. The van der Waals surface area contributed by atoms with E-state index in [0.717, 1.165) is 17.5 Å². The molecule has 25 heavy (non-hydrogen) atoms. The molecule has 0 saturated heterocycles. The van der Waals surface area contributed by atoms with Crippen molar-refractivity contribution >= 4 is 12.1 Å². The first-order valence-electron chi connectivity index (χ1n) is 8.98. The predicted octanol–water partition coefficient (Wildman–Crippen LogP) is 4.04. The summed E-state index contributed by atoms with van der Waals surface area (Å²) in [6, 6.07) is 6.24. The minimum absolute atomic E-state index is 0.0160. The average molecular weight is 347 g/mol. The Morgan fingerprint density at radius 1 is 1.28 bits per heavy atom. The standard InChI is InChI=1S/C20H29NO4/c1-6-24-18(22)10-8-15-7-9-17-14(2)21(12-11-16(17)13-15)19(23)25-20(3,4)5/h7,9,13-14H,6,8,10-12H2,1-5H3. The van der Waals surface area contributed by atoms with Crippen molar-refractivity contribution in [3.63, 3.8) is 0 Å². The molecule has 0 radical (unpaired) electrons. The lowest BCUT2D eigenvalue weighted by molar-refractivity contribution is -0.143. The zero-order chi connectivity index (χ0) is 18.6. The number of esters is 1. The van der Waals surface area contributed by atoms with Gasteiger partial charge in [0.15, 0.2) is 0 Å². The Morgan fingerprint density at radius 2 is 2.00 bits per heavy atom. The minimum atomic E-state index is -0.492. The highest BCUT2D eigenvalue weighted by atomic mass is 16.6. The van der Waals surface area contributed by atoms with E-state index in [2.05, 4.69) is 12.1 Å². The molecule has 0 aromatic heterocycles. The van der Waals surface area contributed by atoms with Gasteiger partial charge in [0, 0.05) is 13.0 Å². The van der Waals surface area contributed by atoms with Crippen LogP contribution in [0, 0.1) is 0 Å². The molecule has 0 bridgehead atoms. The molecule has 2 rings (SSSR count). The van der Waals surface area contributed by atoms with Crippen LogP contribution in [0.2, 0.25) is 0 Å². The first kappa shape index (κ1) is 19.3. The Hall–Kier alpha value is -2.04. The fraction of sp³-hybridized carbons (Fsp3) is 0.600. The maximum atomic E-state index is 12.4. The van der Waals surface area contributed by atoms with E-state index in [1.165, 1.54) is 5.56 Å². The van der Waals surface area contributed by atoms with E-state index in [-0.39, 0.29) is 18.1 Å². The second kappa shape index (κ2) is 7.89. The van der Waals surface area contributed by atoms with E-state index < -0.39 is 5.60 Å². The summed E-state index contributed by atoms with van der Waals surface area (Å²) >= 11 is 0. The maximum absolute atomic E-state index is 12.4. The topological polar surface area (TPSA) is 55.8 Å². The molecule has 0 fully saturated rings. The largest absolute Gasteiger partial charge is 0.466 e. The zero-order valence-electron chi connectivity index (χ0n) is 15.9. The predicted molar refractivity (Wildman–Crippen MR) is 96.5 cm³/mol. The summed E-state index contributed by atoms with van der Waals surface area (Å²) in [5, 5.41) is 0. The number of ether oxygens (including phenoxy) is 2. The van der Waals surface area contributed by atoms with Crippen LogP contribution in [-0.2, 0) is 27.1 Å². The molecule has 0 spiro atoms. The van der Waals surface area contributed by atoms with Crippen LogP contribution in [0.5, 0.6) is 0 Å². The fourth-order valence-electron chi connectivity index (χ4n) is 3.09. The third-order valence-electron chi connectivity index (χ3n) is 4.30. The van der Waals surface area contributed by atoms with E-state index in [0.29, 0.717) is 26.0 Å². The number of amides is 1. The third kappa shape index (κ3) is 5.21. The molecule has 0 N–H and O–H groups in total. The van der Waals surface area contributed by atoms with Crippen LogP contribution in [0.1, 0.15) is 63.8 Å². The summed E-state index contributed by atoms with van der Waals surface area (Å²) in [4.78, 5) is 25.7. The van der Waals surface area contributed by atoms with Crippen LogP contribution in [0.3, 0.4) is 0 Å². The molecule has 138 valence electrons. The van der Waals surface area contributed by atoms with Crippen molar-refractivity contribution in [3.8, 4) is 0 Å². The molecule has 1 aliphatic heterocycles. The van der Waals surface area contributed by atoms with Crippen LogP contribution in [0.25, 0.3) is 0 Å². The summed E-state index contributed by atoms with van der Waals surface area (Å²) in [7, 11) is 0. The van der Waals surface area contributed by atoms with Gasteiger partial charge in [-0.25, -0.2) is 4.79 Å². The molecule has 1 aromatic carbocycles. The van der Waals surface area contributed by atoms with Crippen molar-refractivity contribution in [3.05, 3.63) is 34.9 Å².